The molecule has 0 saturated heterocycles. The molecule has 0 aliphatic rings. The van der Waals surface area contributed by atoms with Gasteiger partial charge in [0, 0.05) is 19.4 Å². The average Bonchev–Trinajstić information content (AvgIpc) is 2.77. The molecule has 0 spiro atoms. The maximum Gasteiger partial charge on any atom is 0.281 e. The largest absolute Gasteiger partial charge is 0.358 e. The Hall–Kier alpha value is -2.69. The first-order valence-corrected chi connectivity index (χ1v) is 5.80. The molecule has 0 aliphatic heterocycles. The molecule has 0 N–H and O–H groups in total. The van der Waals surface area contributed by atoms with E-state index in [2.05, 4.69) is 9.98 Å². The predicted molar refractivity (Wildman–Crippen MR) is 69.3 cm³/mol. The molecule has 1 amide bonds. The van der Waals surface area contributed by atoms with E-state index >= 15 is 0 Å². The lowest BCUT2D eigenvalue weighted by atomic mass is 10.2. The molecule has 0 unspecified atom stereocenters. The smallest absolute Gasteiger partial charge is 0.281 e. The fraction of sp³-hybridized carbons (Fsp3) is 0.0714. The van der Waals surface area contributed by atoms with Crippen LogP contribution in [-0.2, 0) is 7.05 Å². The highest BCUT2D eigenvalue weighted by molar-refractivity contribution is 5.95. The molecule has 3 rings (SSSR count). The van der Waals surface area contributed by atoms with Crippen LogP contribution < -0.4 is 5.55 Å². The van der Waals surface area contributed by atoms with Crippen molar-refractivity contribution in [1.29, 1.82) is 0 Å². The molecule has 0 bridgehead atoms. The van der Waals surface area contributed by atoms with Crippen molar-refractivity contribution >= 4 is 16.8 Å². The van der Waals surface area contributed by atoms with Crippen molar-refractivity contribution in [2.45, 2.75) is 0 Å². The summed E-state index contributed by atoms with van der Waals surface area (Å²) >= 11 is 0. The van der Waals surface area contributed by atoms with Crippen LogP contribution >= 0.6 is 0 Å². The average molecular weight is 253 g/mol. The number of hydrogen-bond donors (Lipinski definition) is 0. The van der Waals surface area contributed by atoms with Gasteiger partial charge in [0.05, 0.1) is 16.5 Å². The van der Waals surface area contributed by atoms with E-state index in [1.807, 2.05) is 24.3 Å². The second-order valence-corrected chi connectivity index (χ2v) is 4.07. The number of rotatable bonds is 1. The number of nitrogens with zero attached hydrogens (tertiary/aromatic N) is 3. The van der Waals surface area contributed by atoms with Crippen molar-refractivity contribution in [2.75, 3.05) is 0 Å². The van der Waals surface area contributed by atoms with Crippen LogP contribution in [0.4, 0.5) is 0 Å². The minimum Gasteiger partial charge on any atom is -0.358 e. The molecule has 0 aliphatic carbocycles. The molecular weight excluding hydrogens is 242 g/mol. The Morgan fingerprint density at radius 1 is 1.26 bits per heavy atom. The van der Waals surface area contributed by atoms with Gasteiger partial charge >= 0.3 is 0 Å². The second-order valence-electron chi connectivity index (χ2n) is 4.07. The third kappa shape index (κ3) is 2.06. The van der Waals surface area contributed by atoms with Crippen molar-refractivity contribution in [1.82, 2.24) is 9.72 Å². The zero-order valence-corrected chi connectivity index (χ0v) is 10.3. The zero-order chi connectivity index (χ0) is 13.2. The molecule has 19 heavy (non-hydrogen) atoms. The number of aryl methyl sites for hydroxylation is 1. The van der Waals surface area contributed by atoms with Crippen molar-refractivity contribution in [3.63, 3.8) is 0 Å². The first-order valence-electron chi connectivity index (χ1n) is 5.80. The van der Waals surface area contributed by atoms with Gasteiger partial charge in [-0.15, -0.1) is 0 Å². The minimum atomic E-state index is -0.367. The standard InChI is InChI=1S/C14H11N3O2/c1-17-12-7-3-2-6-11(12)14(19-17)16-13(18)10-5-4-8-15-9-10/h2-9H,1H3. The van der Waals surface area contributed by atoms with E-state index in [0.29, 0.717) is 11.1 Å². The van der Waals surface area contributed by atoms with Gasteiger partial charge in [-0.3, -0.25) is 9.78 Å². The Balaban J connectivity index is 2.15. The van der Waals surface area contributed by atoms with E-state index in [-0.39, 0.29) is 5.91 Å². The number of hydrogen-bond acceptors (Lipinski definition) is 3. The summed E-state index contributed by atoms with van der Waals surface area (Å²) in [6.07, 6.45) is 3.09. The highest BCUT2D eigenvalue weighted by Crippen LogP contribution is 2.09. The van der Waals surface area contributed by atoms with Gasteiger partial charge in [0.2, 0.25) is 0 Å². The first-order chi connectivity index (χ1) is 9.25. The van der Waals surface area contributed by atoms with Crippen molar-refractivity contribution in [3.8, 4) is 0 Å². The summed E-state index contributed by atoms with van der Waals surface area (Å²) in [6, 6.07) is 10.9. The molecule has 0 radical (unpaired) electrons. The second kappa shape index (κ2) is 4.53. The van der Waals surface area contributed by atoms with Gasteiger partial charge in [-0.2, -0.15) is 4.99 Å². The normalized spacial score (nSPS) is 11.9. The van der Waals surface area contributed by atoms with Gasteiger partial charge in [-0.25, -0.2) is 4.74 Å². The van der Waals surface area contributed by atoms with Crippen molar-refractivity contribution < 1.29 is 9.32 Å². The molecule has 94 valence electrons. The maximum absolute atomic E-state index is 12.0. The van der Waals surface area contributed by atoms with E-state index < -0.39 is 0 Å². The number of carbonyl (C=O) groups is 1. The SMILES string of the molecule is Cn1oc(=NC(=O)c2cccnc2)c2ccccc21. The Morgan fingerprint density at radius 2 is 2.11 bits per heavy atom. The lowest BCUT2D eigenvalue weighted by Crippen LogP contribution is -2.05. The molecular formula is C14H11N3O2. The van der Waals surface area contributed by atoms with Crippen LogP contribution in [0, 0.1) is 0 Å². The highest BCUT2D eigenvalue weighted by atomic mass is 16.5. The zero-order valence-electron chi connectivity index (χ0n) is 10.3. The molecule has 5 nitrogen and oxygen atoms in total. The fourth-order valence-corrected chi connectivity index (χ4v) is 1.88. The molecule has 1 aromatic carbocycles. The number of carbonyl (C=O) groups excluding carboxylic acids is 1. The van der Waals surface area contributed by atoms with Crippen LogP contribution in [0.2, 0.25) is 0 Å². The molecule has 0 fully saturated rings. The Labute approximate surface area is 108 Å². The van der Waals surface area contributed by atoms with E-state index in [0.717, 1.165) is 10.9 Å². The summed E-state index contributed by atoms with van der Waals surface area (Å²) in [5.74, 6) is -0.367. The third-order valence-electron chi connectivity index (χ3n) is 2.81. The number of fused-ring (bicyclic) bond motifs is 1. The monoisotopic (exact) mass is 253 g/mol. The summed E-state index contributed by atoms with van der Waals surface area (Å²) in [5, 5.41) is 0.808. The van der Waals surface area contributed by atoms with Crippen LogP contribution in [-0.4, -0.2) is 15.6 Å². The number of aromatic nitrogens is 2. The summed E-state index contributed by atoms with van der Waals surface area (Å²) in [7, 11) is 1.77. The topological polar surface area (TPSA) is 60.4 Å². The molecule has 0 atom stereocenters. The van der Waals surface area contributed by atoms with Crippen LogP contribution in [0.5, 0.6) is 0 Å². The molecule has 5 heteroatoms. The van der Waals surface area contributed by atoms with Crippen LogP contribution in [0.25, 0.3) is 10.9 Å². The maximum atomic E-state index is 12.0. The molecule has 0 saturated carbocycles. The Kier molecular flexibility index (Phi) is 2.72. The summed E-state index contributed by atoms with van der Waals surface area (Å²) in [4.78, 5) is 19.9. The van der Waals surface area contributed by atoms with E-state index in [4.69, 9.17) is 4.52 Å². The fourth-order valence-electron chi connectivity index (χ4n) is 1.88. The van der Waals surface area contributed by atoms with Gasteiger partial charge in [0.15, 0.2) is 0 Å². The van der Waals surface area contributed by atoms with Gasteiger partial charge in [-0.05, 0) is 24.3 Å². The number of pyridine rings is 1. The summed E-state index contributed by atoms with van der Waals surface area (Å²) in [5.41, 5.74) is 1.64. The number of benzene rings is 1. The van der Waals surface area contributed by atoms with Crippen LogP contribution in [0.3, 0.4) is 0 Å². The predicted octanol–water partition coefficient (Wildman–Crippen LogP) is 1.91. The van der Waals surface area contributed by atoms with Gasteiger partial charge in [-0.1, -0.05) is 12.1 Å². The summed E-state index contributed by atoms with van der Waals surface area (Å²) < 4.78 is 7.05. The van der Waals surface area contributed by atoms with Crippen molar-refractivity contribution in [3.05, 3.63) is 59.9 Å². The third-order valence-corrected chi connectivity index (χ3v) is 2.81. The van der Waals surface area contributed by atoms with E-state index in [1.54, 1.807) is 30.1 Å². The van der Waals surface area contributed by atoms with E-state index in [1.165, 1.54) is 6.20 Å². The molecule has 3 aromatic rings. The highest BCUT2D eigenvalue weighted by Gasteiger charge is 2.07. The van der Waals surface area contributed by atoms with Crippen LogP contribution in [0.1, 0.15) is 10.4 Å². The quantitative estimate of drug-likeness (QED) is 0.665. The molecule has 2 heterocycles. The van der Waals surface area contributed by atoms with Gasteiger partial charge < -0.3 is 4.52 Å². The van der Waals surface area contributed by atoms with Crippen LogP contribution in [0.15, 0.2) is 58.3 Å². The minimum absolute atomic E-state index is 0.312. The summed E-state index contributed by atoms with van der Waals surface area (Å²) in [6.45, 7) is 0. The van der Waals surface area contributed by atoms with Gasteiger partial charge in [0.1, 0.15) is 0 Å². The van der Waals surface area contributed by atoms with E-state index in [9.17, 15) is 4.79 Å². The lowest BCUT2D eigenvalue weighted by Gasteiger charge is -1.91. The first kappa shape index (κ1) is 11.4. The lowest BCUT2D eigenvalue weighted by molar-refractivity contribution is 0.0991. The van der Waals surface area contributed by atoms with Crippen molar-refractivity contribution in [2.24, 2.45) is 12.0 Å². The Bertz CT molecular complexity index is 800. The van der Waals surface area contributed by atoms with Gasteiger partial charge in [0.25, 0.3) is 11.5 Å². The Morgan fingerprint density at radius 3 is 2.89 bits per heavy atom. The molecule has 2 aromatic heterocycles. The number of para-hydroxylation sites is 1. The number of amides is 1.